The average molecular weight is 492 g/mol. The maximum absolute atomic E-state index is 13.9. The number of thiazole rings is 1. The van der Waals surface area contributed by atoms with Crippen LogP contribution in [0.5, 0.6) is 0 Å². The minimum absolute atomic E-state index is 0.0665. The summed E-state index contributed by atoms with van der Waals surface area (Å²) in [7, 11) is 0. The summed E-state index contributed by atoms with van der Waals surface area (Å²) in [6.07, 6.45) is 3.68. The molecule has 6 heteroatoms. The molecule has 1 atom stereocenters. The van der Waals surface area contributed by atoms with Crippen molar-refractivity contribution in [2.24, 2.45) is 4.99 Å². The number of benzene rings is 3. The van der Waals surface area contributed by atoms with Crippen LogP contribution < -0.4 is 14.9 Å². The van der Waals surface area contributed by atoms with Gasteiger partial charge in [-0.1, -0.05) is 65.9 Å². The third kappa shape index (κ3) is 3.18. The van der Waals surface area contributed by atoms with Gasteiger partial charge in [0.15, 0.2) is 4.80 Å². The quantitative estimate of drug-likeness (QED) is 0.360. The lowest BCUT2D eigenvalue weighted by Crippen LogP contribution is -2.38. The molecule has 0 amide bonds. The molecule has 0 spiro atoms. The number of hydrogen-bond acceptors (Lipinski definition) is 3. The van der Waals surface area contributed by atoms with Gasteiger partial charge in [0.1, 0.15) is 5.82 Å². The van der Waals surface area contributed by atoms with Crippen molar-refractivity contribution in [2.45, 2.75) is 25.8 Å². The van der Waals surface area contributed by atoms with Crippen molar-refractivity contribution in [3.63, 3.8) is 0 Å². The molecular formula is C30H22FN3OS. The number of aryl methyl sites for hydroxylation is 2. The fraction of sp³-hybridized carbons (Fsp3) is 0.133. The highest BCUT2D eigenvalue weighted by molar-refractivity contribution is 7.07. The number of fused-ring (bicyclic) bond motifs is 4. The Kier molecular flexibility index (Phi) is 4.73. The first-order valence-electron chi connectivity index (χ1n) is 12.0. The van der Waals surface area contributed by atoms with Gasteiger partial charge in [0.25, 0.3) is 5.56 Å². The summed E-state index contributed by atoms with van der Waals surface area (Å²) in [6.45, 7) is 2.03. The molecule has 0 bridgehead atoms. The highest BCUT2D eigenvalue weighted by Gasteiger charge is 2.32. The molecule has 0 saturated carbocycles. The Morgan fingerprint density at radius 2 is 1.81 bits per heavy atom. The molecular weight excluding hydrogens is 469 g/mol. The molecule has 1 aliphatic carbocycles. The van der Waals surface area contributed by atoms with E-state index < -0.39 is 0 Å². The van der Waals surface area contributed by atoms with Gasteiger partial charge in [-0.05, 0) is 60.7 Å². The lowest BCUT2D eigenvalue weighted by Gasteiger charge is -2.30. The van der Waals surface area contributed by atoms with Gasteiger partial charge in [0, 0.05) is 27.7 Å². The van der Waals surface area contributed by atoms with Crippen LogP contribution in [0.25, 0.3) is 22.7 Å². The largest absolute Gasteiger partial charge is 0.358 e. The van der Waals surface area contributed by atoms with Gasteiger partial charge in [-0.15, -0.1) is 0 Å². The van der Waals surface area contributed by atoms with E-state index in [0.29, 0.717) is 9.33 Å². The molecule has 2 aromatic heterocycles. The first-order chi connectivity index (χ1) is 17.6. The maximum Gasteiger partial charge on any atom is 0.271 e. The van der Waals surface area contributed by atoms with Crippen LogP contribution in [0.1, 0.15) is 40.4 Å². The van der Waals surface area contributed by atoms with Crippen LogP contribution in [0.3, 0.4) is 0 Å². The van der Waals surface area contributed by atoms with E-state index in [1.54, 1.807) is 16.7 Å². The van der Waals surface area contributed by atoms with Crippen LogP contribution >= 0.6 is 11.3 Å². The Labute approximate surface area is 210 Å². The standard InChI is InChI=1S/C30H22FN3OS/c1-17-24(22-8-4-5-9-25(22)32-17)16-26-29(35)34-28(19-10-13-20(31)14-11-19)23-15-12-18-6-2-3-7-21(18)27(23)33-30(34)36-26/h2-11,13-14,16,28,32H,12,15H2,1H3/b26-16+/t28-/m0/s1. The van der Waals surface area contributed by atoms with Gasteiger partial charge in [-0.25, -0.2) is 9.38 Å². The number of rotatable bonds is 2. The summed E-state index contributed by atoms with van der Waals surface area (Å²) < 4.78 is 16.3. The molecule has 4 nitrogen and oxygen atoms in total. The van der Waals surface area contributed by atoms with Crippen molar-refractivity contribution in [2.75, 3.05) is 0 Å². The van der Waals surface area contributed by atoms with Gasteiger partial charge in [-0.3, -0.25) is 9.36 Å². The Hall–Kier alpha value is -4.03. The minimum Gasteiger partial charge on any atom is -0.358 e. The third-order valence-electron chi connectivity index (χ3n) is 7.28. The van der Waals surface area contributed by atoms with Gasteiger partial charge in [0.2, 0.25) is 0 Å². The van der Waals surface area contributed by atoms with Crippen LogP contribution in [-0.4, -0.2) is 9.55 Å². The average Bonchev–Trinajstić information content (AvgIpc) is 3.39. The van der Waals surface area contributed by atoms with Crippen molar-refractivity contribution in [3.8, 4) is 0 Å². The summed E-state index contributed by atoms with van der Waals surface area (Å²) in [6, 6.07) is 22.7. The summed E-state index contributed by atoms with van der Waals surface area (Å²) in [4.78, 5) is 23.1. The molecule has 0 unspecified atom stereocenters. The zero-order valence-electron chi connectivity index (χ0n) is 19.6. The summed E-state index contributed by atoms with van der Waals surface area (Å²) >= 11 is 1.42. The molecule has 0 radical (unpaired) electrons. The van der Waals surface area contributed by atoms with Crippen LogP contribution in [0.2, 0.25) is 0 Å². The molecule has 3 heterocycles. The molecule has 176 valence electrons. The number of halogens is 1. The second kappa shape index (κ2) is 8.00. The predicted molar refractivity (Wildman–Crippen MR) is 142 cm³/mol. The Bertz CT molecular complexity index is 1890. The van der Waals surface area contributed by atoms with E-state index in [9.17, 15) is 9.18 Å². The van der Waals surface area contributed by atoms with Crippen LogP contribution in [-0.2, 0) is 6.42 Å². The molecule has 36 heavy (non-hydrogen) atoms. The lowest BCUT2D eigenvalue weighted by molar-refractivity contribution is 0.581. The third-order valence-corrected chi connectivity index (χ3v) is 8.26. The van der Waals surface area contributed by atoms with E-state index in [0.717, 1.165) is 57.4 Å². The first-order valence-corrected chi connectivity index (χ1v) is 12.9. The first kappa shape index (κ1) is 21.3. The topological polar surface area (TPSA) is 50.1 Å². The van der Waals surface area contributed by atoms with Gasteiger partial charge >= 0.3 is 0 Å². The number of nitrogens with one attached hydrogen (secondary N) is 1. The lowest BCUT2D eigenvalue weighted by atomic mass is 9.83. The number of aromatic nitrogens is 2. The summed E-state index contributed by atoms with van der Waals surface area (Å²) in [5.41, 5.74) is 8.36. The van der Waals surface area contributed by atoms with E-state index in [1.807, 2.05) is 37.3 Å². The van der Waals surface area contributed by atoms with Gasteiger partial charge < -0.3 is 4.98 Å². The van der Waals surface area contributed by atoms with E-state index in [2.05, 4.69) is 29.2 Å². The molecule has 3 aromatic carbocycles. The molecule has 1 aliphatic heterocycles. The Balaban J connectivity index is 1.51. The molecule has 0 fully saturated rings. The predicted octanol–water partition coefficient (Wildman–Crippen LogP) is 5.25. The molecule has 7 rings (SSSR count). The monoisotopic (exact) mass is 491 g/mol. The zero-order chi connectivity index (χ0) is 24.4. The number of H-pyrrole nitrogens is 1. The maximum atomic E-state index is 13.9. The van der Waals surface area contributed by atoms with Crippen molar-refractivity contribution >= 4 is 34.0 Å². The van der Waals surface area contributed by atoms with Gasteiger partial charge in [-0.2, -0.15) is 0 Å². The molecule has 1 N–H and O–H groups in total. The number of allylic oxidation sites excluding steroid dienone is 1. The minimum atomic E-state index is -0.309. The van der Waals surface area contributed by atoms with E-state index >= 15 is 0 Å². The molecule has 2 aliphatic rings. The Morgan fingerprint density at radius 1 is 1.03 bits per heavy atom. The molecule has 5 aromatic rings. The van der Waals surface area contributed by atoms with Crippen molar-refractivity contribution in [3.05, 3.63) is 132 Å². The number of aromatic amines is 1. The van der Waals surface area contributed by atoms with Gasteiger partial charge in [0.05, 0.1) is 16.3 Å². The second-order valence-electron chi connectivity index (χ2n) is 9.37. The molecule has 0 saturated heterocycles. The zero-order valence-corrected chi connectivity index (χ0v) is 20.4. The van der Waals surface area contributed by atoms with Crippen molar-refractivity contribution in [1.29, 1.82) is 0 Å². The normalized spacial score (nSPS) is 17.1. The van der Waals surface area contributed by atoms with E-state index in [1.165, 1.54) is 29.0 Å². The fourth-order valence-electron chi connectivity index (χ4n) is 5.58. The highest BCUT2D eigenvalue weighted by atomic mass is 32.1. The van der Waals surface area contributed by atoms with E-state index in [4.69, 9.17) is 4.99 Å². The van der Waals surface area contributed by atoms with Crippen molar-refractivity contribution < 1.29 is 4.39 Å². The number of nitrogens with zero attached hydrogens (tertiary/aromatic N) is 2. The summed E-state index contributed by atoms with van der Waals surface area (Å²) in [5, 5.41) is 1.09. The smallest absolute Gasteiger partial charge is 0.271 e. The Morgan fingerprint density at radius 3 is 2.67 bits per heavy atom. The fourth-order valence-corrected chi connectivity index (χ4v) is 6.57. The SMILES string of the molecule is Cc1[nH]c2ccccc2c1/C=c1/sc2n(c1=O)[C@@H](c1ccc(F)cc1)C1=C(N=2)c2ccccc2CC1. The van der Waals surface area contributed by atoms with Crippen LogP contribution in [0, 0.1) is 12.7 Å². The second-order valence-corrected chi connectivity index (χ2v) is 10.4. The van der Waals surface area contributed by atoms with Crippen molar-refractivity contribution in [1.82, 2.24) is 9.55 Å². The van der Waals surface area contributed by atoms with Crippen LogP contribution in [0.4, 0.5) is 4.39 Å². The number of para-hydroxylation sites is 1. The van der Waals surface area contributed by atoms with Crippen LogP contribution in [0.15, 0.2) is 88.2 Å². The number of hydrogen-bond donors (Lipinski definition) is 1. The summed E-state index contributed by atoms with van der Waals surface area (Å²) in [5.74, 6) is -0.288. The van der Waals surface area contributed by atoms with E-state index in [-0.39, 0.29) is 17.4 Å². The highest BCUT2D eigenvalue weighted by Crippen LogP contribution is 2.41.